The molecule has 160 valence electrons. The first-order chi connectivity index (χ1) is 15.1. The van der Waals surface area contributed by atoms with E-state index in [0.717, 1.165) is 30.4 Å². The number of hydrogen-bond donors (Lipinski definition) is 0. The Morgan fingerprint density at radius 3 is 2.03 bits per heavy atom. The monoisotopic (exact) mass is 416 g/mol. The van der Waals surface area contributed by atoms with E-state index in [4.69, 9.17) is 9.47 Å². The highest BCUT2D eigenvalue weighted by Crippen LogP contribution is 2.65. The minimum absolute atomic E-state index is 0.0273. The lowest BCUT2D eigenvalue weighted by atomic mass is 9.74. The molecule has 0 saturated heterocycles. The van der Waals surface area contributed by atoms with Crippen molar-refractivity contribution in [2.24, 2.45) is 16.7 Å². The van der Waals surface area contributed by atoms with Crippen molar-refractivity contribution < 1.29 is 19.1 Å². The maximum atomic E-state index is 13.5. The van der Waals surface area contributed by atoms with Crippen molar-refractivity contribution in [2.75, 3.05) is 0 Å². The molecule has 4 nitrogen and oxygen atoms in total. The summed E-state index contributed by atoms with van der Waals surface area (Å²) in [7, 11) is 0. The number of hydrogen-bond acceptors (Lipinski definition) is 4. The van der Waals surface area contributed by atoms with Gasteiger partial charge in [0, 0.05) is 0 Å². The molecular formula is C27H28O4. The Kier molecular flexibility index (Phi) is 5.17. The van der Waals surface area contributed by atoms with Crippen molar-refractivity contribution in [3.05, 3.63) is 83.4 Å². The molecule has 4 heteroatoms. The van der Waals surface area contributed by atoms with Crippen LogP contribution >= 0.6 is 0 Å². The standard InChI is InChI=1S/C27H28O4/c28-24(30-17-21-7-3-1-4-8-21)27(25(29)31-18-22-9-5-2-6-10-22)16-23-12-11-20-13-14-26(23,15-20)19-27/h1-10,12,20H,11,13-19H2/t20-,26+/m0/s1. The van der Waals surface area contributed by atoms with Gasteiger partial charge in [-0.3, -0.25) is 9.59 Å². The number of fused-ring (bicyclic) bond motifs is 1. The highest BCUT2D eigenvalue weighted by molar-refractivity contribution is 6.01. The average Bonchev–Trinajstić information content (AvgIpc) is 3.35. The molecule has 2 fully saturated rings. The molecule has 2 aromatic carbocycles. The van der Waals surface area contributed by atoms with Crippen molar-refractivity contribution in [3.63, 3.8) is 0 Å². The molecule has 3 aliphatic carbocycles. The molecule has 0 aliphatic heterocycles. The molecule has 31 heavy (non-hydrogen) atoms. The Balaban J connectivity index is 1.39. The smallest absolute Gasteiger partial charge is 0.324 e. The van der Waals surface area contributed by atoms with Crippen LogP contribution in [-0.4, -0.2) is 11.9 Å². The number of carbonyl (C=O) groups is 2. The Hall–Kier alpha value is -2.88. The quantitative estimate of drug-likeness (QED) is 0.361. The second-order valence-electron chi connectivity index (χ2n) is 9.41. The summed E-state index contributed by atoms with van der Waals surface area (Å²) >= 11 is 0. The van der Waals surface area contributed by atoms with E-state index in [1.54, 1.807) is 0 Å². The summed E-state index contributed by atoms with van der Waals surface area (Å²) < 4.78 is 11.5. The molecule has 2 saturated carbocycles. The summed E-state index contributed by atoms with van der Waals surface area (Å²) in [4.78, 5) is 26.9. The molecule has 0 amide bonds. The second-order valence-corrected chi connectivity index (χ2v) is 9.41. The first-order valence-electron chi connectivity index (χ1n) is 11.2. The zero-order valence-corrected chi connectivity index (χ0v) is 17.7. The molecule has 0 radical (unpaired) electrons. The fourth-order valence-corrected chi connectivity index (χ4v) is 5.85. The summed E-state index contributed by atoms with van der Waals surface area (Å²) in [6, 6.07) is 19.2. The van der Waals surface area contributed by atoms with Crippen molar-refractivity contribution in [3.8, 4) is 0 Å². The number of rotatable bonds is 6. The van der Waals surface area contributed by atoms with E-state index in [1.807, 2.05) is 60.7 Å². The predicted molar refractivity (Wildman–Crippen MR) is 117 cm³/mol. The zero-order chi connectivity index (χ0) is 21.3. The van der Waals surface area contributed by atoms with Gasteiger partial charge in [-0.25, -0.2) is 0 Å². The van der Waals surface area contributed by atoms with E-state index in [2.05, 4.69) is 6.08 Å². The highest BCUT2D eigenvalue weighted by Gasteiger charge is 2.63. The van der Waals surface area contributed by atoms with Gasteiger partial charge in [0.2, 0.25) is 0 Å². The van der Waals surface area contributed by atoms with Gasteiger partial charge in [-0.2, -0.15) is 0 Å². The number of allylic oxidation sites excluding steroid dienone is 2. The van der Waals surface area contributed by atoms with Crippen LogP contribution in [0.15, 0.2) is 72.3 Å². The molecule has 2 bridgehead atoms. The molecule has 2 atom stereocenters. The lowest BCUT2D eigenvalue weighted by molar-refractivity contribution is -0.174. The summed E-state index contributed by atoms with van der Waals surface area (Å²) in [5, 5.41) is 0. The van der Waals surface area contributed by atoms with Gasteiger partial charge in [0.25, 0.3) is 0 Å². The highest BCUT2D eigenvalue weighted by atomic mass is 16.6. The van der Waals surface area contributed by atoms with Gasteiger partial charge in [-0.1, -0.05) is 72.3 Å². The second kappa shape index (κ2) is 7.99. The van der Waals surface area contributed by atoms with E-state index in [-0.39, 0.29) is 18.6 Å². The van der Waals surface area contributed by atoms with Crippen LogP contribution in [0.1, 0.15) is 49.7 Å². The molecule has 3 aliphatic rings. The van der Waals surface area contributed by atoms with Crippen LogP contribution in [0, 0.1) is 16.7 Å². The largest absolute Gasteiger partial charge is 0.460 e. The van der Waals surface area contributed by atoms with Crippen molar-refractivity contribution in [1.29, 1.82) is 0 Å². The molecule has 5 rings (SSSR count). The fraction of sp³-hybridized carbons (Fsp3) is 0.407. The van der Waals surface area contributed by atoms with E-state index in [0.29, 0.717) is 18.8 Å². The van der Waals surface area contributed by atoms with Crippen LogP contribution in [0.25, 0.3) is 0 Å². The SMILES string of the molecule is O=C(OCc1ccccc1)C1(C(=O)OCc2ccccc2)CC2=CC[C@H]3CC[C@@]2(C3)C1. The number of esters is 2. The van der Waals surface area contributed by atoms with Crippen molar-refractivity contribution >= 4 is 11.9 Å². The zero-order valence-electron chi connectivity index (χ0n) is 17.7. The Labute approximate surface area is 183 Å². The maximum absolute atomic E-state index is 13.5. The van der Waals surface area contributed by atoms with E-state index in [9.17, 15) is 9.59 Å². The molecule has 1 spiro atoms. The normalized spacial score (nSPS) is 25.4. The Bertz CT molecular complexity index is 939. The summed E-state index contributed by atoms with van der Waals surface area (Å²) in [6.45, 7) is 0.337. The Morgan fingerprint density at radius 1 is 0.871 bits per heavy atom. The minimum Gasteiger partial charge on any atom is -0.460 e. The van der Waals surface area contributed by atoms with Gasteiger partial charge >= 0.3 is 11.9 Å². The van der Waals surface area contributed by atoms with Crippen LogP contribution in [-0.2, 0) is 32.3 Å². The fourth-order valence-electron chi connectivity index (χ4n) is 5.85. The third kappa shape index (κ3) is 3.69. The van der Waals surface area contributed by atoms with Crippen molar-refractivity contribution in [1.82, 2.24) is 0 Å². The van der Waals surface area contributed by atoms with Gasteiger partial charge in [0.05, 0.1) is 0 Å². The van der Waals surface area contributed by atoms with Crippen LogP contribution in [0.3, 0.4) is 0 Å². The average molecular weight is 417 g/mol. The van der Waals surface area contributed by atoms with Gasteiger partial charge in [0.1, 0.15) is 13.2 Å². The van der Waals surface area contributed by atoms with Gasteiger partial charge in [0.15, 0.2) is 5.41 Å². The Morgan fingerprint density at radius 2 is 1.45 bits per heavy atom. The topological polar surface area (TPSA) is 52.6 Å². The third-order valence-corrected chi connectivity index (χ3v) is 7.43. The first-order valence-corrected chi connectivity index (χ1v) is 11.2. The van der Waals surface area contributed by atoms with E-state index in [1.165, 1.54) is 12.0 Å². The molecule has 0 aromatic heterocycles. The van der Waals surface area contributed by atoms with Crippen LogP contribution in [0.2, 0.25) is 0 Å². The first kappa shape index (κ1) is 20.0. The minimum atomic E-state index is -1.24. The summed E-state index contributed by atoms with van der Waals surface area (Å²) in [5.41, 5.74) is 1.83. The number of benzene rings is 2. The van der Waals surface area contributed by atoms with Gasteiger partial charge < -0.3 is 9.47 Å². The van der Waals surface area contributed by atoms with Crippen LogP contribution in [0.4, 0.5) is 0 Å². The van der Waals surface area contributed by atoms with Crippen LogP contribution in [0.5, 0.6) is 0 Å². The number of carbonyl (C=O) groups excluding carboxylic acids is 2. The molecular weight excluding hydrogens is 388 g/mol. The molecule has 0 N–H and O–H groups in total. The van der Waals surface area contributed by atoms with Gasteiger partial charge in [-0.05, 0) is 61.0 Å². The van der Waals surface area contributed by atoms with Crippen molar-refractivity contribution in [2.45, 2.75) is 51.7 Å². The van der Waals surface area contributed by atoms with Crippen LogP contribution < -0.4 is 0 Å². The predicted octanol–water partition coefficient (Wildman–Crippen LogP) is 5.37. The van der Waals surface area contributed by atoms with E-state index < -0.39 is 17.4 Å². The lowest BCUT2D eigenvalue weighted by Gasteiger charge is -2.30. The third-order valence-electron chi connectivity index (χ3n) is 7.43. The van der Waals surface area contributed by atoms with E-state index >= 15 is 0 Å². The number of ether oxygens (including phenoxy) is 2. The molecule has 0 unspecified atom stereocenters. The maximum Gasteiger partial charge on any atom is 0.324 e. The summed E-state index contributed by atoms with van der Waals surface area (Å²) in [6.07, 6.45) is 7.61. The lowest BCUT2D eigenvalue weighted by Crippen LogP contribution is -2.40. The summed E-state index contributed by atoms with van der Waals surface area (Å²) in [5.74, 6) is -0.203. The molecule has 0 heterocycles. The van der Waals surface area contributed by atoms with Gasteiger partial charge in [-0.15, -0.1) is 0 Å². The molecule has 2 aromatic rings.